The molecule has 19 nitrogen and oxygen atoms in total. The number of aliphatic hydroxyl groups is 1. The zero-order valence-electron chi connectivity index (χ0n) is 40.3. The smallest absolute Gasteiger partial charge is 0.768 e. The molecule has 2 aromatic heterocycles. The van der Waals surface area contributed by atoms with Gasteiger partial charge in [0.05, 0.1) is 18.1 Å². The van der Waals surface area contributed by atoms with E-state index in [-0.39, 0.29) is 124 Å². The Morgan fingerprint density at radius 3 is 1.59 bits per heavy atom. The normalized spacial score (nSPS) is 11.2. The first-order valence-electron chi connectivity index (χ1n) is 21.3. The Labute approximate surface area is 456 Å². The Kier molecular flexibility index (Phi) is 24.7. The Balaban J connectivity index is 0.00000320. The van der Waals surface area contributed by atoms with Gasteiger partial charge >= 0.3 is 59.1 Å². The van der Waals surface area contributed by atoms with Crippen molar-refractivity contribution in [2.75, 3.05) is 77.6 Å². The van der Waals surface area contributed by atoms with E-state index in [2.05, 4.69) is 64.3 Å². The minimum absolute atomic E-state index is 0. The number of aliphatic hydroxyl groups excluding tert-OH is 1. The maximum absolute atomic E-state index is 12.7. The summed E-state index contributed by atoms with van der Waals surface area (Å²) in [5.74, 6) is 0.991. The third-order valence-electron chi connectivity index (χ3n) is 9.14. The van der Waals surface area contributed by atoms with E-state index in [4.69, 9.17) is 4.74 Å². The maximum atomic E-state index is 12.7. The van der Waals surface area contributed by atoms with Crippen LogP contribution in [-0.2, 0) is 25.9 Å². The number of aromatic nitrogens is 6. The van der Waals surface area contributed by atoms with Crippen LogP contribution in [0.4, 0.5) is 58.4 Å². The van der Waals surface area contributed by atoms with Crippen molar-refractivity contribution >= 4 is 91.8 Å². The van der Waals surface area contributed by atoms with Crippen molar-refractivity contribution in [1.29, 1.82) is 0 Å². The van der Waals surface area contributed by atoms with E-state index < -0.39 is 26.1 Å². The summed E-state index contributed by atoms with van der Waals surface area (Å²) in [6.07, 6.45) is 2.72. The van der Waals surface area contributed by atoms with Crippen LogP contribution in [0.5, 0.6) is 0 Å². The second-order valence-corrected chi connectivity index (χ2v) is 16.9. The van der Waals surface area contributed by atoms with E-state index >= 15 is 0 Å². The number of benzene rings is 4. The van der Waals surface area contributed by atoms with Crippen LogP contribution in [0.2, 0.25) is 0 Å². The monoisotopic (exact) mass is 1010 g/mol. The number of methoxy groups -OCH3 is 1. The van der Waals surface area contributed by atoms with Crippen molar-refractivity contribution in [2.45, 2.75) is 37.5 Å². The molecule has 6 rings (SSSR count). The minimum atomic E-state index is -5.08. The topological polar surface area (TPSA) is 259 Å². The van der Waals surface area contributed by atoms with E-state index in [1.165, 1.54) is 36.4 Å². The first-order chi connectivity index (χ1) is 32.7. The van der Waals surface area contributed by atoms with Crippen LogP contribution < -0.4 is 90.2 Å². The summed E-state index contributed by atoms with van der Waals surface area (Å²) < 4.78 is 68.5. The molecule has 23 heteroatoms. The van der Waals surface area contributed by atoms with Gasteiger partial charge in [0.1, 0.15) is 10.1 Å². The van der Waals surface area contributed by atoms with Crippen LogP contribution in [0.25, 0.3) is 12.2 Å². The average molecular weight is 1010 g/mol. The Morgan fingerprint density at radius 2 is 1.14 bits per heavy atom. The van der Waals surface area contributed by atoms with Gasteiger partial charge in [-0.1, -0.05) is 98.8 Å². The summed E-state index contributed by atoms with van der Waals surface area (Å²) in [7, 11) is -3.51. The fourth-order valence-electron chi connectivity index (χ4n) is 6.28. The van der Waals surface area contributed by atoms with E-state index in [1.807, 2.05) is 93.3 Å². The molecule has 0 spiro atoms. The van der Waals surface area contributed by atoms with Crippen LogP contribution in [0, 0.1) is 0 Å². The predicted octanol–water partition coefficient (Wildman–Crippen LogP) is 1.78. The van der Waals surface area contributed by atoms with Gasteiger partial charge in [0.2, 0.25) is 35.7 Å². The molecular weight excluding hydrogens is 955 g/mol. The van der Waals surface area contributed by atoms with Gasteiger partial charge in [0, 0.05) is 60.9 Å². The van der Waals surface area contributed by atoms with Gasteiger partial charge in [0.25, 0.3) is 0 Å². The van der Waals surface area contributed by atoms with Crippen molar-refractivity contribution in [3.8, 4) is 0 Å². The van der Waals surface area contributed by atoms with Crippen molar-refractivity contribution in [2.24, 2.45) is 0 Å². The molecule has 0 radical (unpaired) electrons. The number of nitrogens with one attached hydrogen (secondary N) is 4. The van der Waals surface area contributed by atoms with Crippen molar-refractivity contribution < 1.29 is 90.7 Å². The molecule has 0 aliphatic carbocycles. The summed E-state index contributed by atoms with van der Waals surface area (Å²) in [5, 5.41) is 21.6. The summed E-state index contributed by atoms with van der Waals surface area (Å²) >= 11 is -2.77. The van der Waals surface area contributed by atoms with Gasteiger partial charge in [-0.15, -0.1) is 0 Å². The van der Waals surface area contributed by atoms with Crippen LogP contribution in [0.15, 0.2) is 131 Å². The van der Waals surface area contributed by atoms with Crippen molar-refractivity contribution in [3.63, 3.8) is 0 Å². The fraction of sp³-hybridized carbons (Fsp3) is 0.234. The van der Waals surface area contributed by atoms with Gasteiger partial charge in [-0.05, 0) is 84.6 Å². The van der Waals surface area contributed by atoms with Gasteiger partial charge < -0.3 is 50.0 Å². The van der Waals surface area contributed by atoms with E-state index in [9.17, 15) is 26.8 Å². The van der Waals surface area contributed by atoms with Crippen LogP contribution in [0.1, 0.15) is 38.8 Å². The standard InChI is InChI=1S/C45H50N12O7S2.C2H6.2Na/c1-30(2)28-56(36-12-8-6-9-13-36)44-52-40(46-22-24-58)50-43(55-44)49-35-21-19-33(39(27-35)66(61,62)63)17-16-32-18-20-34(26-38(32)65(59)60)48-42-51-41(47-23-25-64-5)53-45(54-42)57(29-31(3)4)37-14-10-7-11-15-37;1-2;;/h6-21,26-27,58H,1,3,22-25,28-29H2,2,4-5H3,(H,59,60)(H,61,62,63)(H2,46,49,50,52,55)(H2,47,48,51,53,54);1-2H3;;/q;;2*+1/p-2/b17-16+;;;. The minimum Gasteiger partial charge on any atom is -0.768 e. The molecule has 0 aliphatic heterocycles. The summed E-state index contributed by atoms with van der Waals surface area (Å²) in [4.78, 5) is 30.3. The number of hydrogen-bond acceptors (Lipinski definition) is 19. The van der Waals surface area contributed by atoms with Crippen LogP contribution in [0.3, 0.4) is 0 Å². The molecule has 0 bridgehead atoms. The second-order valence-electron chi connectivity index (χ2n) is 14.7. The molecule has 0 saturated heterocycles. The number of ether oxygens (including phenoxy) is 1. The predicted molar refractivity (Wildman–Crippen MR) is 267 cm³/mol. The fourth-order valence-corrected chi connectivity index (χ4v) is 7.53. The van der Waals surface area contributed by atoms with Gasteiger partial charge in [0.15, 0.2) is 0 Å². The van der Waals surface area contributed by atoms with E-state index in [0.717, 1.165) is 28.6 Å². The van der Waals surface area contributed by atoms with Crippen molar-refractivity contribution in [3.05, 3.63) is 132 Å². The number of nitrogens with zero attached hydrogens (tertiary/aromatic N) is 8. The molecular formula is C47H54N12Na2O7S2. The van der Waals surface area contributed by atoms with Gasteiger partial charge in [-0.25, -0.2) is 8.42 Å². The van der Waals surface area contributed by atoms with Gasteiger partial charge in [-0.2, -0.15) is 29.9 Å². The zero-order valence-corrected chi connectivity index (χ0v) is 46.0. The molecule has 70 heavy (non-hydrogen) atoms. The molecule has 4 aromatic carbocycles. The SMILES string of the molecule is C=C(C)CN(c1ccccc1)c1nc(NCCO)nc(Nc2ccc(/C=C/c3ccc(Nc4nc(NCCOC)nc(N(CC(=C)C)c5ccccc5)n4)cc3S(=O)[O-])c(S(=O)(=O)[O-])c2)n1.CC.[Na+].[Na+]. The van der Waals surface area contributed by atoms with Crippen LogP contribution in [-0.4, -0.2) is 103 Å². The molecule has 0 fully saturated rings. The Morgan fingerprint density at radius 1 is 0.700 bits per heavy atom. The molecule has 358 valence electrons. The molecule has 1 atom stereocenters. The molecule has 0 amide bonds. The largest absolute Gasteiger partial charge is 1.00 e. The third kappa shape index (κ3) is 17.6. The summed E-state index contributed by atoms with van der Waals surface area (Å²) in [5.41, 5.74) is 3.89. The molecule has 1 unspecified atom stereocenters. The average Bonchev–Trinajstić information content (AvgIpc) is 3.32. The Bertz CT molecular complexity index is 2830. The van der Waals surface area contributed by atoms with Crippen molar-refractivity contribution in [1.82, 2.24) is 29.9 Å². The summed E-state index contributed by atoms with van der Waals surface area (Å²) in [6.45, 7) is 17.3. The van der Waals surface area contributed by atoms with Gasteiger partial charge in [-0.3, -0.25) is 4.21 Å². The first kappa shape index (κ1) is 59.2. The number of rotatable bonds is 23. The summed E-state index contributed by atoms with van der Waals surface area (Å²) in [6, 6.07) is 27.4. The number of hydrogen-bond donors (Lipinski definition) is 5. The quantitative estimate of drug-likeness (QED) is 0.0153. The third-order valence-corrected chi connectivity index (χ3v) is 10.7. The molecule has 2 heterocycles. The number of anilines is 10. The number of para-hydroxylation sites is 2. The molecule has 0 saturated carbocycles. The second kappa shape index (κ2) is 29.3. The van der Waals surface area contributed by atoms with E-state index in [1.54, 1.807) is 18.1 Å². The zero-order chi connectivity index (χ0) is 49.2. The molecule has 5 N–H and O–H groups in total. The molecule has 0 aliphatic rings. The molecule has 6 aromatic rings. The first-order valence-corrected chi connectivity index (χ1v) is 23.8. The van der Waals surface area contributed by atoms with E-state index in [0.29, 0.717) is 37.9 Å². The maximum Gasteiger partial charge on any atom is 1.00 e. The van der Waals surface area contributed by atoms with Crippen LogP contribution >= 0.6 is 0 Å². The Hall–Kier alpha value is -5.14.